The van der Waals surface area contributed by atoms with Gasteiger partial charge in [-0.1, -0.05) is 32.9 Å². The van der Waals surface area contributed by atoms with Gasteiger partial charge in [-0.2, -0.15) is 0 Å². The summed E-state index contributed by atoms with van der Waals surface area (Å²) in [5.41, 5.74) is 1.36. The number of fused-ring (bicyclic) bond motifs is 1. The Kier molecular flexibility index (Phi) is 7.03. The molecule has 0 unspecified atom stereocenters. The van der Waals surface area contributed by atoms with Crippen molar-refractivity contribution in [3.63, 3.8) is 0 Å². The number of ether oxygens (including phenoxy) is 1. The number of carbonyl (C=O) groups excluding carboxylic acids is 1. The maximum atomic E-state index is 12.6. The van der Waals surface area contributed by atoms with Crippen LogP contribution in [0.1, 0.15) is 56.7 Å². The number of rotatable bonds is 4. The van der Waals surface area contributed by atoms with Crippen LogP contribution in [-0.4, -0.2) is 51.8 Å². The highest BCUT2D eigenvalue weighted by Crippen LogP contribution is 2.28. The lowest BCUT2D eigenvalue weighted by Crippen LogP contribution is -2.41. The lowest BCUT2D eigenvalue weighted by molar-refractivity contribution is -0.134. The highest BCUT2D eigenvalue weighted by Gasteiger charge is 2.28. The molecule has 8 heteroatoms. The summed E-state index contributed by atoms with van der Waals surface area (Å²) in [5, 5.41) is 12.1. The Hall–Kier alpha value is -2.12. The molecule has 7 nitrogen and oxygen atoms in total. The maximum absolute atomic E-state index is 12.6. The van der Waals surface area contributed by atoms with Crippen molar-refractivity contribution in [2.45, 2.75) is 58.0 Å². The van der Waals surface area contributed by atoms with E-state index in [0.717, 1.165) is 63.0 Å². The first kappa shape index (κ1) is 22.6. The minimum Gasteiger partial charge on any atom is -0.484 e. The Bertz CT molecular complexity index is 851. The van der Waals surface area contributed by atoms with Gasteiger partial charge in [0, 0.05) is 32.1 Å². The summed E-state index contributed by atoms with van der Waals surface area (Å²) < 4.78 is 7.99. The standard InChI is InChI=1S/C22H31N5O2.ClH/c1-22(2,3)17-4-6-18(7-5-17)29-15-20(28)26-11-8-16(9-12-26)21-25-24-19-14-23-10-13-27(19)21;/h4-7,16,23H,8-15H2,1-3H3;1H. The third kappa shape index (κ3) is 4.95. The zero-order valence-corrected chi connectivity index (χ0v) is 18.9. The Balaban J connectivity index is 0.00000256. The maximum Gasteiger partial charge on any atom is 0.260 e. The summed E-state index contributed by atoms with van der Waals surface area (Å²) in [6.07, 6.45) is 1.86. The predicted octanol–water partition coefficient (Wildman–Crippen LogP) is 2.89. The van der Waals surface area contributed by atoms with E-state index in [1.165, 1.54) is 5.56 Å². The first-order valence-corrected chi connectivity index (χ1v) is 10.6. The number of nitrogens with zero attached hydrogens (tertiary/aromatic N) is 4. The molecular formula is C22H32ClN5O2. The van der Waals surface area contributed by atoms with Crippen molar-refractivity contribution in [2.24, 2.45) is 0 Å². The zero-order chi connectivity index (χ0) is 20.4. The second-order valence-electron chi connectivity index (χ2n) is 9.02. The molecule has 30 heavy (non-hydrogen) atoms. The molecule has 3 heterocycles. The minimum atomic E-state index is 0. The van der Waals surface area contributed by atoms with E-state index in [9.17, 15) is 4.79 Å². The second-order valence-corrected chi connectivity index (χ2v) is 9.02. The van der Waals surface area contributed by atoms with Crippen molar-refractivity contribution in [2.75, 3.05) is 26.2 Å². The van der Waals surface area contributed by atoms with Crippen LogP contribution >= 0.6 is 12.4 Å². The second kappa shape index (κ2) is 9.35. The molecule has 4 rings (SSSR count). The summed E-state index contributed by atoms with van der Waals surface area (Å²) in [7, 11) is 0. The fourth-order valence-corrected chi connectivity index (χ4v) is 4.09. The van der Waals surface area contributed by atoms with Crippen molar-refractivity contribution in [1.82, 2.24) is 25.0 Å². The van der Waals surface area contributed by atoms with Gasteiger partial charge in [0.1, 0.15) is 17.4 Å². The first-order chi connectivity index (χ1) is 13.9. The smallest absolute Gasteiger partial charge is 0.260 e. The lowest BCUT2D eigenvalue weighted by atomic mass is 9.87. The number of hydrogen-bond acceptors (Lipinski definition) is 5. The average Bonchev–Trinajstić information content (AvgIpc) is 3.16. The highest BCUT2D eigenvalue weighted by molar-refractivity contribution is 5.85. The molecule has 0 atom stereocenters. The van der Waals surface area contributed by atoms with E-state index in [2.05, 4.69) is 53.0 Å². The van der Waals surface area contributed by atoms with Crippen LogP contribution in [0.2, 0.25) is 0 Å². The molecule has 0 bridgehead atoms. The van der Waals surface area contributed by atoms with Gasteiger partial charge in [-0.05, 0) is 36.0 Å². The summed E-state index contributed by atoms with van der Waals surface area (Å²) >= 11 is 0. The Morgan fingerprint density at radius 2 is 1.83 bits per heavy atom. The fourth-order valence-electron chi connectivity index (χ4n) is 4.09. The van der Waals surface area contributed by atoms with E-state index in [1.807, 2.05) is 17.0 Å². The van der Waals surface area contributed by atoms with Crippen molar-refractivity contribution >= 4 is 18.3 Å². The Labute approximate surface area is 184 Å². The number of aromatic nitrogens is 3. The van der Waals surface area contributed by atoms with Gasteiger partial charge in [0.2, 0.25) is 0 Å². The molecule has 0 aliphatic carbocycles. The molecule has 1 fully saturated rings. The molecule has 1 amide bonds. The molecule has 1 aromatic carbocycles. The van der Waals surface area contributed by atoms with Crippen LogP contribution in [0, 0.1) is 0 Å². The number of halogens is 1. The van der Waals surface area contributed by atoms with Crippen molar-refractivity contribution in [1.29, 1.82) is 0 Å². The van der Waals surface area contributed by atoms with Crippen LogP contribution in [0.5, 0.6) is 5.75 Å². The van der Waals surface area contributed by atoms with E-state index in [4.69, 9.17) is 4.74 Å². The van der Waals surface area contributed by atoms with Crippen LogP contribution in [0.3, 0.4) is 0 Å². The van der Waals surface area contributed by atoms with E-state index < -0.39 is 0 Å². The van der Waals surface area contributed by atoms with E-state index in [-0.39, 0.29) is 30.3 Å². The van der Waals surface area contributed by atoms with Gasteiger partial charge in [-0.15, -0.1) is 22.6 Å². The van der Waals surface area contributed by atoms with Gasteiger partial charge in [0.15, 0.2) is 6.61 Å². The molecule has 0 saturated carbocycles. The van der Waals surface area contributed by atoms with Crippen LogP contribution in [-0.2, 0) is 23.3 Å². The third-order valence-electron chi connectivity index (χ3n) is 5.95. The SMILES string of the molecule is CC(C)(C)c1ccc(OCC(=O)N2CCC(c3nnc4n3CCNC4)CC2)cc1.Cl. The van der Waals surface area contributed by atoms with Crippen molar-refractivity contribution < 1.29 is 9.53 Å². The van der Waals surface area contributed by atoms with Gasteiger partial charge < -0.3 is 19.5 Å². The molecule has 1 aromatic heterocycles. The van der Waals surface area contributed by atoms with Gasteiger partial charge in [-0.3, -0.25) is 4.79 Å². The molecule has 2 aliphatic rings. The number of benzene rings is 1. The normalized spacial score (nSPS) is 17.2. The number of likely N-dealkylation sites (tertiary alicyclic amines) is 1. The van der Waals surface area contributed by atoms with Crippen molar-refractivity contribution in [3.8, 4) is 5.75 Å². The zero-order valence-electron chi connectivity index (χ0n) is 18.1. The number of nitrogens with one attached hydrogen (secondary N) is 1. The Morgan fingerprint density at radius 1 is 1.13 bits per heavy atom. The van der Waals surface area contributed by atoms with Gasteiger partial charge in [-0.25, -0.2) is 0 Å². The molecule has 1 saturated heterocycles. The molecule has 1 N–H and O–H groups in total. The minimum absolute atomic E-state index is 0. The molecule has 0 radical (unpaired) electrons. The lowest BCUT2D eigenvalue weighted by Gasteiger charge is -2.32. The van der Waals surface area contributed by atoms with E-state index in [0.29, 0.717) is 5.92 Å². The number of carbonyl (C=O) groups is 1. The molecule has 164 valence electrons. The monoisotopic (exact) mass is 433 g/mol. The van der Waals surface area contributed by atoms with Crippen LogP contribution in [0.15, 0.2) is 24.3 Å². The molecule has 2 aromatic rings. The Morgan fingerprint density at radius 3 is 2.50 bits per heavy atom. The van der Waals surface area contributed by atoms with E-state index in [1.54, 1.807) is 0 Å². The number of amides is 1. The summed E-state index contributed by atoms with van der Waals surface area (Å²) in [4.78, 5) is 14.5. The van der Waals surface area contributed by atoms with Gasteiger partial charge in [0.25, 0.3) is 5.91 Å². The van der Waals surface area contributed by atoms with Crippen LogP contribution in [0.4, 0.5) is 0 Å². The van der Waals surface area contributed by atoms with Crippen LogP contribution in [0.25, 0.3) is 0 Å². The highest BCUT2D eigenvalue weighted by atomic mass is 35.5. The molecule has 2 aliphatic heterocycles. The average molecular weight is 434 g/mol. The predicted molar refractivity (Wildman–Crippen MR) is 118 cm³/mol. The fraction of sp³-hybridized carbons (Fsp3) is 0.591. The van der Waals surface area contributed by atoms with E-state index >= 15 is 0 Å². The largest absolute Gasteiger partial charge is 0.484 e. The summed E-state index contributed by atoms with van der Waals surface area (Å²) in [5.74, 6) is 3.28. The third-order valence-corrected chi connectivity index (χ3v) is 5.95. The van der Waals surface area contributed by atoms with Gasteiger partial charge in [0.05, 0.1) is 6.54 Å². The summed E-state index contributed by atoms with van der Waals surface area (Å²) in [6.45, 7) is 10.8. The first-order valence-electron chi connectivity index (χ1n) is 10.6. The number of piperidine rings is 1. The van der Waals surface area contributed by atoms with Crippen LogP contribution < -0.4 is 10.1 Å². The molecular weight excluding hydrogens is 402 g/mol. The number of hydrogen-bond donors (Lipinski definition) is 1. The topological polar surface area (TPSA) is 72.3 Å². The summed E-state index contributed by atoms with van der Waals surface area (Å²) in [6, 6.07) is 8.03. The van der Waals surface area contributed by atoms with Gasteiger partial charge >= 0.3 is 0 Å². The molecule has 0 spiro atoms. The quantitative estimate of drug-likeness (QED) is 0.802. The van der Waals surface area contributed by atoms with Crippen molar-refractivity contribution in [3.05, 3.63) is 41.5 Å².